The summed E-state index contributed by atoms with van der Waals surface area (Å²) in [6, 6.07) is 4.77. The molecule has 0 fully saturated rings. The zero-order valence-corrected chi connectivity index (χ0v) is 11.9. The Balaban J connectivity index is 2.68. The molecule has 0 unspecified atom stereocenters. The van der Waals surface area contributed by atoms with E-state index in [4.69, 9.17) is 0 Å². The van der Waals surface area contributed by atoms with Crippen LogP contribution in [-0.4, -0.2) is 20.1 Å². The molecule has 1 N–H and O–H groups in total. The zero-order chi connectivity index (χ0) is 12.8. The number of hydrogen-bond donors (Lipinski definition) is 1. The zero-order valence-electron chi connectivity index (χ0n) is 9.45. The average molecular weight is 318 g/mol. The molecule has 6 heteroatoms. The molecule has 0 saturated heterocycles. The standard InChI is InChI=1S/C11H12BrNO3S/c1-11(2)6-17(15,16)9-4-3-7(12)5-8(9)13-10(11)14/h3-5H,6H2,1-2H3,(H,13,14). The molecule has 1 aromatic rings. The van der Waals surface area contributed by atoms with E-state index in [0.717, 1.165) is 4.47 Å². The fourth-order valence-corrected chi connectivity index (χ4v) is 4.10. The van der Waals surface area contributed by atoms with Crippen molar-refractivity contribution >= 4 is 37.4 Å². The van der Waals surface area contributed by atoms with Gasteiger partial charge in [0, 0.05) is 4.47 Å². The van der Waals surface area contributed by atoms with Crippen LogP contribution in [0.25, 0.3) is 0 Å². The Labute approximate surface area is 108 Å². The van der Waals surface area contributed by atoms with Gasteiger partial charge in [-0.15, -0.1) is 0 Å². The average Bonchev–Trinajstić information content (AvgIpc) is 2.20. The van der Waals surface area contributed by atoms with Crippen LogP contribution >= 0.6 is 15.9 Å². The van der Waals surface area contributed by atoms with Crippen LogP contribution in [0.1, 0.15) is 13.8 Å². The van der Waals surface area contributed by atoms with E-state index < -0.39 is 15.3 Å². The number of carbonyl (C=O) groups excluding carboxylic acids is 1. The molecule has 0 bridgehead atoms. The summed E-state index contributed by atoms with van der Waals surface area (Å²) >= 11 is 3.26. The molecule has 17 heavy (non-hydrogen) atoms. The molecular weight excluding hydrogens is 306 g/mol. The van der Waals surface area contributed by atoms with Crippen LogP contribution in [0.15, 0.2) is 27.6 Å². The highest BCUT2D eigenvalue weighted by molar-refractivity contribution is 9.10. The largest absolute Gasteiger partial charge is 0.324 e. The first-order chi connectivity index (χ1) is 7.72. The minimum Gasteiger partial charge on any atom is -0.324 e. The third-order valence-electron chi connectivity index (χ3n) is 2.69. The summed E-state index contributed by atoms with van der Waals surface area (Å²) in [4.78, 5) is 12.1. The van der Waals surface area contributed by atoms with Crippen LogP contribution in [-0.2, 0) is 14.6 Å². The molecule has 92 valence electrons. The Hall–Kier alpha value is -0.880. The molecule has 0 saturated carbocycles. The van der Waals surface area contributed by atoms with Gasteiger partial charge in [-0.3, -0.25) is 4.79 Å². The van der Waals surface area contributed by atoms with Crippen LogP contribution in [0.3, 0.4) is 0 Å². The number of fused-ring (bicyclic) bond motifs is 1. The Kier molecular flexibility index (Phi) is 2.82. The van der Waals surface area contributed by atoms with Gasteiger partial charge in [0.1, 0.15) is 0 Å². The SMILES string of the molecule is CC1(C)CS(=O)(=O)c2ccc(Br)cc2NC1=O. The number of anilines is 1. The van der Waals surface area contributed by atoms with Gasteiger partial charge in [-0.05, 0) is 18.2 Å². The minimum absolute atomic E-state index is 0.180. The minimum atomic E-state index is -3.44. The predicted octanol–water partition coefficient (Wildman–Crippen LogP) is 2.20. The molecule has 1 aliphatic rings. The van der Waals surface area contributed by atoms with E-state index in [-0.39, 0.29) is 16.6 Å². The lowest BCUT2D eigenvalue weighted by Gasteiger charge is -2.18. The smallest absolute Gasteiger partial charge is 0.231 e. The van der Waals surface area contributed by atoms with Crippen molar-refractivity contribution in [2.75, 3.05) is 11.1 Å². The number of nitrogens with one attached hydrogen (secondary N) is 1. The topological polar surface area (TPSA) is 63.2 Å². The number of rotatable bonds is 0. The normalized spacial score (nSPS) is 21.2. The van der Waals surface area contributed by atoms with E-state index in [0.29, 0.717) is 5.69 Å². The lowest BCUT2D eigenvalue weighted by Crippen LogP contribution is -2.34. The lowest BCUT2D eigenvalue weighted by molar-refractivity contribution is -0.122. The summed E-state index contributed by atoms with van der Waals surface area (Å²) < 4.78 is 25.0. The van der Waals surface area contributed by atoms with Gasteiger partial charge in [0.2, 0.25) is 5.91 Å². The fraction of sp³-hybridized carbons (Fsp3) is 0.364. The molecular formula is C11H12BrNO3S. The summed E-state index contributed by atoms with van der Waals surface area (Å²) in [5.74, 6) is -0.460. The van der Waals surface area contributed by atoms with E-state index in [1.807, 2.05) is 0 Å². The van der Waals surface area contributed by atoms with E-state index in [2.05, 4.69) is 21.2 Å². The molecule has 4 nitrogen and oxygen atoms in total. The number of carbonyl (C=O) groups is 1. The number of hydrogen-bond acceptors (Lipinski definition) is 3. The van der Waals surface area contributed by atoms with Crippen molar-refractivity contribution in [3.8, 4) is 0 Å². The van der Waals surface area contributed by atoms with E-state index >= 15 is 0 Å². The van der Waals surface area contributed by atoms with Gasteiger partial charge < -0.3 is 5.32 Å². The third kappa shape index (κ3) is 2.24. The Morgan fingerprint density at radius 2 is 2.00 bits per heavy atom. The van der Waals surface area contributed by atoms with E-state index in [1.54, 1.807) is 26.0 Å². The second kappa shape index (κ2) is 3.81. The molecule has 0 radical (unpaired) electrons. The van der Waals surface area contributed by atoms with Crippen LogP contribution in [0.2, 0.25) is 0 Å². The molecule has 0 aliphatic carbocycles. The first-order valence-electron chi connectivity index (χ1n) is 5.06. The van der Waals surface area contributed by atoms with Gasteiger partial charge in [-0.1, -0.05) is 29.8 Å². The lowest BCUT2D eigenvalue weighted by atomic mass is 9.95. The van der Waals surface area contributed by atoms with Crippen molar-refractivity contribution in [2.24, 2.45) is 5.41 Å². The highest BCUT2D eigenvalue weighted by Crippen LogP contribution is 2.34. The van der Waals surface area contributed by atoms with Gasteiger partial charge in [-0.2, -0.15) is 0 Å². The third-order valence-corrected chi connectivity index (χ3v) is 5.31. The number of halogens is 1. The Bertz CT molecular complexity index is 593. The van der Waals surface area contributed by atoms with Crippen molar-refractivity contribution in [2.45, 2.75) is 18.7 Å². The number of amides is 1. The maximum absolute atomic E-state index is 12.2. The monoisotopic (exact) mass is 317 g/mol. The Morgan fingerprint density at radius 3 is 2.65 bits per heavy atom. The van der Waals surface area contributed by atoms with Crippen molar-refractivity contribution in [1.82, 2.24) is 0 Å². The van der Waals surface area contributed by atoms with Crippen LogP contribution in [0, 0.1) is 5.41 Å². The molecule has 0 atom stereocenters. The summed E-state index contributed by atoms with van der Waals surface area (Å²) in [6.07, 6.45) is 0. The van der Waals surface area contributed by atoms with Crippen LogP contribution in [0.4, 0.5) is 5.69 Å². The molecule has 0 spiro atoms. The highest BCUT2D eigenvalue weighted by atomic mass is 79.9. The Morgan fingerprint density at radius 1 is 1.35 bits per heavy atom. The van der Waals surface area contributed by atoms with Crippen molar-refractivity contribution in [3.05, 3.63) is 22.7 Å². The highest BCUT2D eigenvalue weighted by Gasteiger charge is 2.38. The summed E-state index contributed by atoms with van der Waals surface area (Å²) in [6.45, 7) is 3.25. The van der Waals surface area contributed by atoms with Gasteiger partial charge in [0.15, 0.2) is 9.84 Å². The summed E-state index contributed by atoms with van der Waals surface area (Å²) in [7, 11) is -3.44. The van der Waals surface area contributed by atoms with Crippen molar-refractivity contribution in [3.63, 3.8) is 0 Å². The van der Waals surface area contributed by atoms with Crippen LogP contribution < -0.4 is 5.32 Å². The quantitative estimate of drug-likeness (QED) is 0.798. The summed E-state index contributed by atoms with van der Waals surface area (Å²) in [5.41, 5.74) is -0.584. The summed E-state index contributed by atoms with van der Waals surface area (Å²) in [5, 5.41) is 2.66. The van der Waals surface area contributed by atoms with Crippen molar-refractivity contribution in [1.29, 1.82) is 0 Å². The van der Waals surface area contributed by atoms with E-state index in [9.17, 15) is 13.2 Å². The molecule has 1 aliphatic heterocycles. The molecule has 1 heterocycles. The molecule has 1 aromatic carbocycles. The predicted molar refractivity (Wildman–Crippen MR) is 68.6 cm³/mol. The van der Waals surface area contributed by atoms with Gasteiger partial charge in [0.05, 0.1) is 21.8 Å². The number of sulfone groups is 1. The maximum Gasteiger partial charge on any atom is 0.231 e. The van der Waals surface area contributed by atoms with Crippen LogP contribution in [0.5, 0.6) is 0 Å². The fourth-order valence-electron chi connectivity index (χ4n) is 1.78. The molecule has 0 aromatic heterocycles. The molecule has 2 rings (SSSR count). The first-order valence-corrected chi connectivity index (χ1v) is 7.51. The van der Waals surface area contributed by atoms with E-state index in [1.165, 1.54) is 6.07 Å². The second-order valence-electron chi connectivity index (χ2n) is 4.74. The second-order valence-corrected chi connectivity index (χ2v) is 7.61. The molecule has 1 amide bonds. The van der Waals surface area contributed by atoms with Gasteiger partial charge >= 0.3 is 0 Å². The number of benzene rings is 1. The van der Waals surface area contributed by atoms with Gasteiger partial charge in [0.25, 0.3) is 0 Å². The van der Waals surface area contributed by atoms with Gasteiger partial charge in [-0.25, -0.2) is 8.42 Å². The maximum atomic E-state index is 12.2. The van der Waals surface area contributed by atoms with Crippen molar-refractivity contribution < 1.29 is 13.2 Å². The first kappa shape index (κ1) is 12.6.